The Morgan fingerprint density at radius 3 is 2.56 bits per heavy atom. The van der Waals surface area contributed by atoms with Gasteiger partial charge in [-0.25, -0.2) is 4.98 Å². The molecular weight excluding hydrogens is 390 g/mol. The van der Waals surface area contributed by atoms with E-state index in [0.29, 0.717) is 37.6 Å². The highest BCUT2D eigenvalue weighted by atomic mass is 79.9. The van der Waals surface area contributed by atoms with E-state index in [1.54, 1.807) is 37.5 Å². The largest absolute Gasteiger partial charge is 0.365 e. The van der Waals surface area contributed by atoms with E-state index in [2.05, 4.69) is 25.8 Å². The van der Waals surface area contributed by atoms with Gasteiger partial charge in [0.05, 0.1) is 17.3 Å². The molecule has 25 heavy (non-hydrogen) atoms. The molecule has 0 radical (unpaired) electrons. The second-order valence-corrected chi connectivity index (χ2v) is 6.73. The number of imidazole rings is 1. The number of aromatic nitrogens is 2. The molecule has 8 nitrogen and oxygen atoms in total. The predicted octanol–water partition coefficient (Wildman–Crippen LogP) is 1.14. The highest BCUT2D eigenvalue weighted by Gasteiger charge is 2.26. The number of hydrogen-bond donors (Lipinski definition) is 1. The lowest BCUT2D eigenvalue weighted by atomic mass is 10.1. The average molecular weight is 410 g/mol. The van der Waals surface area contributed by atoms with Crippen molar-refractivity contribution in [1.82, 2.24) is 14.3 Å². The summed E-state index contributed by atoms with van der Waals surface area (Å²) in [6.07, 6.45) is 3.38. The molecule has 0 spiro atoms. The minimum atomic E-state index is -0.517. The predicted molar refractivity (Wildman–Crippen MR) is 96.9 cm³/mol. The van der Waals surface area contributed by atoms with Gasteiger partial charge in [0.2, 0.25) is 5.91 Å². The van der Waals surface area contributed by atoms with Gasteiger partial charge in [-0.05, 0) is 6.07 Å². The smallest absolute Gasteiger partial charge is 0.252 e. The number of nitrogens with zero attached hydrogens (tertiary/aromatic N) is 4. The van der Waals surface area contributed by atoms with Crippen molar-refractivity contribution in [3.63, 3.8) is 0 Å². The first kappa shape index (κ1) is 17.7. The molecule has 2 N–H and O–H groups in total. The molecule has 3 rings (SSSR count). The van der Waals surface area contributed by atoms with Crippen molar-refractivity contribution < 1.29 is 14.3 Å². The highest BCUT2D eigenvalue weighted by molar-refractivity contribution is 9.09. The van der Waals surface area contributed by atoms with Gasteiger partial charge in [0.15, 0.2) is 0 Å². The van der Waals surface area contributed by atoms with E-state index < -0.39 is 5.91 Å². The minimum Gasteiger partial charge on any atom is -0.365 e. The second-order valence-electron chi connectivity index (χ2n) is 5.89. The average Bonchev–Trinajstić information content (AvgIpc) is 3.09. The van der Waals surface area contributed by atoms with Gasteiger partial charge in [-0.15, -0.1) is 0 Å². The van der Waals surface area contributed by atoms with E-state index in [1.807, 2.05) is 4.40 Å². The van der Waals surface area contributed by atoms with E-state index in [9.17, 15) is 9.59 Å². The SMILES string of the molecule is COC(Br)c1cc(C(N)=O)c(N2CCN(C(C)=O)CC2)n2cncc12. The molecule has 0 aliphatic carbocycles. The minimum absolute atomic E-state index is 0.0557. The number of alkyl halides is 1. The number of anilines is 1. The fourth-order valence-electron chi connectivity index (χ4n) is 3.15. The standard InChI is InChI=1S/C16H20BrN5O3/c1-10(23)20-3-5-21(6-4-20)16-12(15(18)24)7-11(14(17)25-2)13-8-19-9-22(13)16/h7-9,14H,3-6H2,1-2H3,(H2,18,24). The summed E-state index contributed by atoms with van der Waals surface area (Å²) in [4.78, 5) is 31.7. The van der Waals surface area contributed by atoms with E-state index in [0.717, 1.165) is 11.1 Å². The molecule has 9 heteroatoms. The Kier molecular flexibility index (Phi) is 4.96. The number of methoxy groups -OCH3 is 1. The fourth-order valence-corrected chi connectivity index (χ4v) is 3.51. The van der Waals surface area contributed by atoms with Crippen LogP contribution in [0.5, 0.6) is 0 Å². The third-order valence-electron chi connectivity index (χ3n) is 4.44. The number of fused-ring (bicyclic) bond motifs is 1. The topological polar surface area (TPSA) is 93.2 Å². The Morgan fingerprint density at radius 1 is 1.32 bits per heavy atom. The molecule has 0 bridgehead atoms. The van der Waals surface area contributed by atoms with Crippen molar-refractivity contribution in [2.24, 2.45) is 5.73 Å². The van der Waals surface area contributed by atoms with E-state index >= 15 is 0 Å². The summed E-state index contributed by atoms with van der Waals surface area (Å²) in [7, 11) is 1.57. The Balaban J connectivity index is 2.09. The molecule has 1 unspecified atom stereocenters. The number of carbonyl (C=O) groups is 2. The number of rotatable bonds is 4. The number of primary amides is 1. The number of hydrogen-bond acceptors (Lipinski definition) is 5. The van der Waals surface area contributed by atoms with Crippen LogP contribution in [-0.4, -0.2) is 59.4 Å². The van der Waals surface area contributed by atoms with E-state index in [1.165, 1.54) is 0 Å². The maximum atomic E-state index is 12.1. The first-order valence-electron chi connectivity index (χ1n) is 7.90. The number of nitrogens with two attached hydrogens (primary N) is 1. The molecule has 134 valence electrons. The molecule has 2 aromatic heterocycles. The van der Waals surface area contributed by atoms with Crippen molar-refractivity contribution in [1.29, 1.82) is 0 Å². The molecule has 1 atom stereocenters. The molecule has 0 aromatic carbocycles. The highest BCUT2D eigenvalue weighted by Crippen LogP contribution is 2.33. The van der Waals surface area contributed by atoms with Crippen LogP contribution in [0.15, 0.2) is 18.6 Å². The van der Waals surface area contributed by atoms with Gasteiger partial charge in [-0.3, -0.25) is 14.0 Å². The van der Waals surface area contributed by atoms with Crippen LogP contribution in [0, 0.1) is 0 Å². The first-order chi connectivity index (χ1) is 11.9. The zero-order valence-electron chi connectivity index (χ0n) is 14.1. The van der Waals surface area contributed by atoms with Crippen molar-refractivity contribution in [2.75, 3.05) is 38.2 Å². The fraction of sp³-hybridized carbons (Fsp3) is 0.438. The number of carbonyl (C=O) groups excluding carboxylic acids is 2. The van der Waals surface area contributed by atoms with Crippen LogP contribution in [0.3, 0.4) is 0 Å². The second kappa shape index (κ2) is 7.01. The van der Waals surface area contributed by atoms with Gasteiger partial charge >= 0.3 is 0 Å². The summed E-state index contributed by atoms with van der Waals surface area (Å²) in [5.74, 6) is 0.236. The Bertz CT molecular complexity index is 813. The monoisotopic (exact) mass is 409 g/mol. The lowest BCUT2D eigenvalue weighted by molar-refractivity contribution is -0.129. The van der Waals surface area contributed by atoms with Gasteiger partial charge in [0.1, 0.15) is 17.2 Å². The van der Waals surface area contributed by atoms with E-state index in [-0.39, 0.29) is 10.9 Å². The lowest BCUT2D eigenvalue weighted by Crippen LogP contribution is -2.49. The van der Waals surface area contributed by atoms with Gasteiger partial charge in [-0.2, -0.15) is 0 Å². The lowest BCUT2D eigenvalue weighted by Gasteiger charge is -2.36. The molecule has 1 aliphatic heterocycles. The Morgan fingerprint density at radius 2 is 2.00 bits per heavy atom. The Labute approximate surface area is 153 Å². The summed E-state index contributed by atoms with van der Waals surface area (Å²) in [6.45, 7) is 4.01. The summed E-state index contributed by atoms with van der Waals surface area (Å²) in [5, 5.41) is -0.381. The summed E-state index contributed by atoms with van der Waals surface area (Å²) in [5.41, 5.74) is 7.66. The van der Waals surface area contributed by atoms with Crippen LogP contribution in [0.1, 0.15) is 27.9 Å². The van der Waals surface area contributed by atoms with Gasteiger partial charge in [-0.1, -0.05) is 15.9 Å². The maximum Gasteiger partial charge on any atom is 0.252 e. The van der Waals surface area contributed by atoms with Gasteiger partial charge < -0.3 is 20.3 Å². The third kappa shape index (κ3) is 3.21. The maximum absolute atomic E-state index is 12.1. The van der Waals surface area contributed by atoms with Gasteiger partial charge in [0, 0.05) is 45.8 Å². The summed E-state index contributed by atoms with van der Waals surface area (Å²) < 4.78 is 7.19. The van der Waals surface area contributed by atoms with E-state index in [4.69, 9.17) is 10.5 Å². The number of halogens is 1. The van der Waals surface area contributed by atoms with Gasteiger partial charge in [0.25, 0.3) is 5.91 Å². The molecular formula is C16H20BrN5O3. The van der Waals surface area contributed by atoms with Crippen LogP contribution in [-0.2, 0) is 9.53 Å². The quantitative estimate of drug-likeness (QED) is 0.764. The zero-order chi connectivity index (χ0) is 18.1. The van der Waals surface area contributed by atoms with Crippen LogP contribution in [0.4, 0.5) is 5.82 Å². The number of pyridine rings is 1. The molecule has 2 amide bonds. The summed E-state index contributed by atoms with van der Waals surface area (Å²) in [6, 6.07) is 1.74. The first-order valence-corrected chi connectivity index (χ1v) is 8.81. The number of piperazine rings is 1. The van der Waals surface area contributed by atoms with Crippen LogP contribution >= 0.6 is 15.9 Å². The van der Waals surface area contributed by atoms with Crippen molar-refractivity contribution >= 4 is 39.1 Å². The van der Waals surface area contributed by atoms with Crippen molar-refractivity contribution in [3.05, 3.63) is 29.7 Å². The normalized spacial score (nSPS) is 16.3. The number of ether oxygens (including phenoxy) is 1. The molecule has 1 saturated heterocycles. The van der Waals surface area contributed by atoms with Crippen LogP contribution in [0.2, 0.25) is 0 Å². The molecule has 2 aromatic rings. The molecule has 0 saturated carbocycles. The molecule has 1 aliphatic rings. The molecule has 1 fully saturated rings. The number of amides is 2. The van der Waals surface area contributed by atoms with Crippen LogP contribution in [0.25, 0.3) is 5.52 Å². The summed E-state index contributed by atoms with van der Waals surface area (Å²) >= 11 is 3.45. The zero-order valence-corrected chi connectivity index (χ0v) is 15.7. The molecule has 3 heterocycles. The van der Waals surface area contributed by atoms with Crippen LogP contribution < -0.4 is 10.6 Å². The third-order valence-corrected chi connectivity index (χ3v) is 5.31. The van der Waals surface area contributed by atoms with Crippen molar-refractivity contribution in [3.8, 4) is 0 Å². The van der Waals surface area contributed by atoms with Crippen molar-refractivity contribution in [2.45, 2.75) is 11.9 Å². The Hall–Kier alpha value is -2.13.